The molecule has 4 rings (SSSR count). The number of hydrogen-bond acceptors (Lipinski definition) is 5. The Balaban J connectivity index is 1.89. The molecular formula is C21H22N2O4S. The van der Waals surface area contributed by atoms with Crippen molar-refractivity contribution < 1.29 is 17.7 Å². The lowest BCUT2D eigenvalue weighted by Crippen LogP contribution is -2.35. The Morgan fingerprint density at radius 1 is 1.18 bits per heavy atom. The van der Waals surface area contributed by atoms with Gasteiger partial charge in [0.25, 0.3) is 10.0 Å². The molecule has 0 saturated heterocycles. The average molecular weight is 398 g/mol. The van der Waals surface area contributed by atoms with Crippen LogP contribution >= 0.6 is 0 Å². The second-order valence-electron chi connectivity index (χ2n) is 7.05. The highest BCUT2D eigenvalue weighted by Gasteiger charge is 2.37. The smallest absolute Gasteiger partial charge is 0.268 e. The third-order valence-corrected chi connectivity index (χ3v) is 7.12. The van der Waals surface area contributed by atoms with E-state index < -0.39 is 10.0 Å². The lowest BCUT2D eigenvalue weighted by Gasteiger charge is -2.25. The van der Waals surface area contributed by atoms with Gasteiger partial charge < -0.3 is 9.26 Å². The second kappa shape index (κ2) is 6.67. The molecular weight excluding hydrogens is 376 g/mol. The molecule has 0 bridgehead atoms. The minimum Gasteiger partial charge on any atom is -0.495 e. The Morgan fingerprint density at radius 3 is 2.61 bits per heavy atom. The van der Waals surface area contributed by atoms with E-state index in [4.69, 9.17) is 9.26 Å². The van der Waals surface area contributed by atoms with Gasteiger partial charge in [0.1, 0.15) is 16.4 Å². The lowest BCUT2D eigenvalue weighted by molar-refractivity contribution is 0.393. The van der Waals surface area contributed by atoms with Crippen LogP contribution in [0, 0.1) is 13.8 Å². The summed E-state index contributed by atoms with van der Waals surface area (Å²) in [5.74, 6) is 0.956. The minimum atomic E-state index is -3.83. The summed E-state index contributed by atoms with van der Waals surface area (Å²) in [6.07, 6.45) is 0.682. The van der Waals surface area contributed by atoms with Gasteiger partial charge in [-0.25, -0.2) is 8.42 Å². The molecule has 6 nitrogen and oxygen atoms in total. The molecule has 0 amide bonds. The van der Waals surface area contributed by atoms with Crippen molar-refractivity contribution in [1.29, 1.82) is 0 Å². The largest absolute Gasteiger partial charge is 0.495 e. The fraction of sp³-hybridized carbons (Fsp3) is 0.286. The molecule has 0 spiro atoms. The van der Waals surface area contributed by atoms with Crippen molar-refractivity contribution in [3.05, 3.63) is 59.5 Å². The summed E-state index contributed by atoms with van der Waals surface area (Å²) < 4.78 is 39.5. The molecule has 1 aliphatic heterocycles. The molecule has 0 radical (unpaired) electrons. The zero-order valence-corrected chi connectivity index (χ0v) is 17.1. The monoisotopic (exact) mass is 398 g/mol. The zero-order chi connectivity index (χ0) is 20.1. The Morgan fingerprint density at radius 2 is 1.93 bits per heavy atom. The van der Waals surface area contributed by atoms with Gasteiger partial charge in [0.05, 0.1) is 18.5 Å². The van der Waals surface area contributed by atoms with Crippen LogP contribution in [0.25, 0.3) is 11.1 Å². The maximum absolute atomic E-state index is 13.7. The summed E-state index contributed by atoms with van der Waals surface area (Å²) >= 11 is 0. The topological polar surface area (TPSA) is 72.6 Å². The van der Waals surface area contributed by atoms with Gasteiger partial charge in [-0.2, -0.15) is 0 Å². The quantitative estimate of drug-likeness (QED) is 0.661. The van der Waals surface area contributed by atoms with Gasteiger partial charge >= 0.3 is 0 Å². The molecule has 1 aromatic heterocycles. The lowest BCUT2D eigenvalue weighted by atomic mass is 10.0. The molecule has 1 atom stereocenters. The predicted octanol–water partition coefficient (Wildman–Crippen LogP) is 4.11. The molecule has 7 heteroatoms. The number of nitrogens with zero attached hydrogens (tertiary/aromatic N) is 2. The molecule has 146 valence electrons. The normalized spacial score (nSPS) is 16.3. The first kappa shape index (κ1) is 18.6. The molecule has 0 fully saturated rings. The van der Waals surface area contributed by atoms with E-state index in [1.807, 2.05) is 51.1 Å². The molecule has 0 aliphatic carbocycles. The number of fused-ring (bicyclic) bond motifs is 1. The van der Waals surface area contributed by atoms with E-state index >= 15 is 0 Å². The Bertz CT molecular complexity index is 1130. The Kier molecular flexibility index (Phi) is 4.42. The van der Waals surface area contributed by atoms with Crippen molar-refractivity contribution in [3.8, 4) is 16.9 Å². The van der Waals surface area contributed by atoms with Gasteiger partial charge in [0.15, 0.2) is 0 Å². The first-order valence-electron chi connectivity index (χ1n) is 9.08. The van der Waals surface area contributed by atoms with Crippen molar-refractivity contribution in [3.63, 3.8) is 0 Å². The van der Waals surface area contributed by atoms with Crippen molar-refractivity contribution in [1.82, 2.24) is 5.16 Å². The Hall–Kier alpha value is -2.80. The summed E-state index contributed by atoms with van der Waals surface area (Å²) in [4.78, 5) is 0.135. The third-order valence-electron chi connectivity index (χ3n) is 5.17. The number of rotatable bonds is 4. The Labute approximate surface area is 164 Å². The van der Waals surface area contributed by atoms with Crippen LogP contribution < -0.4 is 9.04 Å². The van der Waals surface area contributed by atoms with Gasteiger partial charge in [-0.3, -0.25) is 4.31 Å². The van der Waals surface area contributed by atoms with Crippen LogP contribution in [0.4, 0.5) is 5.69 Å². The molecule has 2 aromatic carbocycles. The van der Waals surface area contributed by atoms with Crippen molar-refractivity contribution in [2.45, 2.75) is 38.1 Å². The summed E-state index contributed by atoms with van der Waals surface area (Å²) in [6.45, 7) is 5.57. The van der Waals surface area contributed by atoms with Crippen LogP contribution in [0.1, 0.15) is 23.9 Å². The SMILES string of the molecule is COc1ccc(-c2c(C)noc2C)cc1S(=O)(=O)N1c2ccccc2CC1C. The number of aromatic nitrogens is 1. The van der Waals surface area contributed by atoms with E-state index in [0.29, 0.717) is 23.6 Å². The number of methoxy groups -OCH3 is 1. The number of aryl methyl sites for hydroxylation is 2. The molecule has 1 unspecified atom stereocenters. The van der Waals surface area contributed by atoms with Gasteiger partial charge in [-0.05, 0) is 56.5 Å². The highest BCUT2D eigenvalue weighted by atomic mass is 32.2. The molecule has 1 aliphatic rings. The van der Waals surface area contributed by atoms with Gasteiger partial charge in [0, 0.05) is 11.6 Å². The van der Waals surface area contributed by atoms with Gasteiger partial charge in [-0.1, -0.05) is 29.4 Å². The van der Waals surface area contributed by atoms with Gasteiger partial charge in [-0.15, -0.1) is 0 Å². The third kappa shape index (κ3) is 2.77. The van der Waals surface area contributed by atoms with Crippen molar-refractivity contribution >= 4 is 15.7 Å². The molecule has 0 N–H and O–H groups in total. The predicted molar refractivity (Wildman–Crippen MR) is 107 cm³/mol. The van der Waals surface area contributed by atoms with Crippen LogP contribution in [-0.4, -0.2) is 26.7 Å². The van der Waals surface area contributed by atoms with E-state index in [9.17, 15) is 8.42 Å². The average Bonchev–Trinajstić information content (AvgIpc) is 3.19. The van der Waals surface area contributed by atoms with Crippen LogP contribution in [0.3, 0.4) is 0 Å². The summed E-state index contributed by atoms with van der Waals surface area (Å²) in [5, 5.41) is 3.98. The van der Waals surface area contributed by atoms with Crippen LogP contribution in [0.5, 0.6) is 5.75 Å². The maximum atomic E-state index is 13.7. The van der Waals surface area contributed by atoms with Crippen LogP contribution in [0.15, 0.2) is 51.9 Å². The molecule has 2 heterocycles. The van der Waals surface area contributed by atoms with E-state index in [1.54, 1.807) is 12.1 Å². The van der Waals surface area contributed by atoms with Gasteiger partial charge in [0.2, 0.25) is 0 Å². The number of para-hydroxylation sites is 1. The van der Waals surface area contributed by atoms with E-state index in [2.05, 4.69) is 5.16 Å². The fourth-order valence-corrected chi connectivity index (χ4v) is 5.82. The summed E-state index contributed by atoms with van der Waals surface area (Å²) in [7, 11) is -2.35. The second-order valence-corrected chi connectivity index (χ2v) is 8.83. The summed E-state index contributed by atoms with van der Waals surface area (Å²) in [5.41, 5.74) is 4.00. The van der Waals surface area contributed by atoms with E-state index in [0.717, 1.165) is 22.4 Å². The number of ether oxygens (including phenoxy) is 1. The first-order chi connectivity index (χ1) is 13.3. The maximum Gasteiger partial charge on any atom is 0.268 e. The van der Waals surface area contributed by atoms with Crippen molar-refractivity contribution in [2.75, 3.05) is 11.4 Å². The first-order valence-corrected chi connectivity index (χ1v) is 10.5. The van der Waals surface area contributed by atoms with Crippen LogP contribution in [0.2, 0.25) is 0 Å². The van der Waals surface area contributed by atoms with E-state index in [1.165, 1.54) is 11.4 Å². The highest BCUT2D eigenvalue weighted by Crippen LogP contribution is 2.40. The number of benzene rings is 2. The standard InChI is InChI=1S/C21H22N2O4S/c1-13-11-16-7-5-6-8-18(16)23(13)28(24,25)20-12-17(9-10-19(20)26-4)21-14(2)22-27-15(21)3/h5-10,12-13H,11H2,1-4H3. The summed E-state index contributed by atoms with van der Waals surface area (Å²) in [6, 6.07) is 12.6. The fourth-order valence-electron chi connectivity index (χ4n) is 3.94. The van der Waals surface area contributed by atoms with Crippen molar-refractivity contribution in [2.24, 2.45) is 0 Å². The van der Waals surface area contributed by atoms with Crippen LogP contribution in [-0.2, 0) is 16.4 Å². The number of anilines is 1. The number of sulfonamides is 1. The molecule has 3 aromatic rings. The zero-order valence-electron chi connectivity index (χ0n) is 16.3. The molecule has 28 heavy (non-hydrogen) atoms. The highest BCUT2D eigenvalue weighted by molar-refractivity contribution is 7.93. The number of hydrogen-bond donors (Lipinski definition) is 0. The minimum absolute atomic E-state index is 0.135. The van der Waals surface area contributed by atoms with E-state index in [-0.39, 0.29) is 10.9 Å². The molecule has 0 saturated carbocycles.